The molecule has 0 bridgehead atoms. The third-order valence-electron chi connectivity index (χ3n) is 4.98. The lowest BCUT2D eigenvalue weighted by atomic mass is 9.90. The van der Waals surface area contributed by atoms with Crippen LogP contribution >= 0.6 is 0 Å². The number of carbonyl (C=O) groups is 2. The second-order valence-corrected chi connectivity index (χ2v) is 6.81. The fraction of sp³-hybridized carbons (Fsp3) is 0.556. The maximum absolute atomic E-state index is 12.5. The highest BCUT2D eigenvalue weighted by Crippen LogP contribution is 2.44. The molecular formula is C18H24N2O4. The van der Waals surface area contributed by atoms with Crippen LogP contribution < -0.4 is 11.1 Å². The maximum atomic E-state index is 12.5. The molecule has 2 fully saturated rings. The van der Waals surface area contributed by atoms with Crippen LogP contribution in [0.4, 0.5) is 0 Å². The summed E-state index contributed by atoms with van der Waals surface area (Å²) in [5.74, 6) is 0.107. The zero-order chi connectivity index (χ0) is 17.1. The third-order valence-corrected chi connectivity index (χ3v) is 4.98. The van der Waals surface area contributed by atoms with Crippen molar-refractivity contribution >= 4 is 11.8 Å². The minimum Gasteiger partial charge on any atom is -0.508 e. The summed E-state index contributed by atoms with van der Waals surface area (Å²) in [6.45, 7) is 1.06. The lowest BCUT2D eigenvalue weighted by molar-refractivity contribution is -0.128. The number of carbonyl (C=O) groups excluding carboxylic acids is 2. The second-order valence-electron chi connectivity index (χ2n) is 6.81. The number of aromatic hydroxyl groups is 1. The van der Waals surface area contributed by atoms with Gasteiger partial charge in [0, 0.05) is 18.9 Å². The molecule has 1 aromatic rings. The average Bonchev–Trinajstić information content (AvgIpc) is 3.25. The van der Waals surface area contributed by atoms with Crippen LogP contribution in [-0.2, 0) is 14.3 Å². The van der Waals surface area contributed by atoms with E-state index in [0.29, 0.717) is 25.6 Å². The summed E-state index contributed by atoms with van der Waals surface area (Å²) in [4.78, 5) is 24.2. The van der Waals surface area contributed by atoms with Gasteiger partial charge in [0.05, 0.1) is 6.61 Å². The van der Waals surface area contributed by atoms with E-state index >= 15 is 0 Å². The van der Waals surface area contributed by atoms with Crippen LogP contribution in [-0.4, -0.2) is 36.2 Å². The summed E-state index contributed by atoms with van der Waals surface area (Å²) in [7, 11) is 0. The Balaban J connectivity index is 1.64. The van der Waals surface area contributed by atoms with E-state index in [1.165, 1.54) is 0 Å². The minimum absolute atomic E-state index is 0.0421. The van der Waals surface area contributed by atoms with Gasteiger partial charge in [-0.1, -0.05) is 12.1 Å². The maximum Gasteiger partial charge on any atom is 0.240 e. The lowest BCUT2D eigenvalue weighted by Crippen LogP contribution is -2.49. The van der Waals surface area contributed by atoms with Gasteiger partial charge in [0.25, 0.3) is 0 Å². The first-order chi connectivity index (χ1) is 11.5. The molecule has 0 aromatic heterocycles. The number of ether oxygens (including phenoxy) is 1. The van der Waals surface area contributed by atoms with Crippen molar-refractivity contribution in [3.05, 3.63) is 29.8 Å². The number of rotatable bonds is 7. The number of hydrogen-bond donors (Lipinski definition) is 3. The van der Waals surface area contributed by atoms with Crippen molar-refractivity contribution in [1.29, 1.82) is 0 Å². The van der Waals surface area contributed by atoms with Crippen LogP contribution in [0, 0.1) is 11.8 Å². The highest BCUT2D eigenvalue weighted by atomic mass is 16.5. The molecule has 0 radical (unpaired) electrons. The minimum atomic E-state index is -0.667. The third kappa shape index (κ3) is 4.06. The van der Waals surface area contributed by atoms with Gasteiger partial charge in [-0.3, -0.25) is 9.59 Å². The number of phenolic OH excluding ortho intramolecular Hbond substituents is 1. The van der Waals surface area contributed by atoms with Gasteiger partial charge in [0.15, 0.2) is 0 Å². The quantitative estimate of drug-likeness (QED) is 0.700. The summed E-state index contributed by atoms with van der Waals surface area (Å²) in [6.07, 6.45) is 3.27. The van der Waals surface area contributed by atoms with E-state index in [1.54, 1.807) is 12.1 Å². The monoisotopic (exact) mass is 332 g/mol. The highest BCUT2D eigenvalue weighted by Gasteiger charge is 2.36. The van der Waals surface area contributed by atoms with E-state index in [1.807, 2.05) is 12.1 Å². The van der Waals surface area contributed by atoms with Gasteiger partial charge in [-0.25, -0.2) is 0 Å². The summed E-state index contributed by atoms with van der Waals surface area (Å²) in [5, 5.41) is 12.2. The Morgan fingerprint density at radius 2 is 1.92 bits per heavy atom. The van der Waals surface area contributed by atoms with Crippen LogP contribution in [0.1, 0.15) is 37.2 Å². The topological polar surface area (TPSA) is 102 Å². The van der Waals surface area contributed by atoms with E-state index in [-0.39, 0.29) is 23.5 Å². The van der Waals surface area contributed by atoms with Gasteiger partial charge in [-0.15, -0.1) is 0 Å². The molecule has 24 heavy (non-hydrogen) atoms. The van der Waals surface area contributed by atoms with Gasteiger partial charge >= 0.3 is 0 Å². The number of hydrogen-bond acceptors (Lipinski definition) is 4. The smallest absolute Gasteiger partial charge is 0.240 e. The highest BCUT2D eigenvalue weighted by molar-refractivity contribution is 5.87. The zero-order valence-corrected chi connectivity index (χ0v) is 13.6. The van der Waals surface area contributed by atoms with Crippen molar-refractivity contribution in [2.24, 2.45) is 17.6 Å². The molecule has 2 aliphatic rings. The van der Waals surface area contributed by atoms with Crippen molar-refractivity contribution in [3.8, 4) is 5.75 Å². The molecule has 4 N–H and O–H groups in total. The summed E-state index contributed by atoms with van der Waals surface area (Å²) >= 11 is 0. The summed E-state index contributed by atoms with van der Waals surface area (Å²) in [6, 6.07) is 6.35. The van der Waals surface area contributed by atoms with Crippen LogP contribution in [0.5, 0.6) is 5.75 Å². The van der Waals surface area contributed by atoms with Gasteiger partial charge in [-0.05, 0) is 48.8 Å². The van der Waals surface area contributed by atoms with Gasteiger partial charge in [-0.2, -0.15) is 0 Å². The largest absolute Gasteiger partial charge is 0.508 e. The first-order valence-corrected chi connectivity index (χ1v) is 8.50. The van der Waals surface area contributed by atoms with Crippen molar-refractivity contribution in [1.82, 2.24) is 5.32 Å². The zero-order valence-electron chi connectivity index (χ0n) is 13.6. The van der Waals surface area contributed by atoms with Crippen LogP contribution in [0.3, 0.4) is 0 Å². The normalized spacial score (nSPS) is 22.8. The number of benzene rings is 1. The molecule has 3 unspecified atom stereocenters. The molecule has 6 heteroatoms. The molecule has 1 saturated carbocycles. The van der Waals surface area contributed by atoms with E-state index in [0.717, 1.165) is 24.8 Å². The summed E-state index contributed by atoms with van der Waals surface area (Å²) in [5.41, 5.74) is 6.51. The van der Waals surface area contributed by atoms with Crippen molar-refractivity contribution in [2.45, 2.75) is 37.6 Å². The van der Waals surface area contributed by atoms with Crippen LogP contribution in [0.25, 0.3) is 0 Å². The molecule has 1 aliphatic heterocycles. The van der Waals surface area contributed by atoms with Gasteiger partial charge < -0.3 is 20.9 Å². The van der Waals surface area contributed by atoms with Crippen LogP contribution in [0.2, 0.25) is 0 Å². The molecule has 3 rings (SSSR count). The van der Waals surface area contributed by atoms with Gasteiger partial charge in [0.1, 0.15) is 11.8 Å². The molecule has 1 heterocycles. The fourth-order valence-corrected chi connectivity index (χ4v) is 3.45. The standard InChI is InChI=1S/C18H24N2O4/c19-18(23)17(13-7-8-24-10-13)20-16(22)9-15(11-1-2-11)12-3-5-14(21)6-4-12/h3-6,11,13,15,17,21H,1-2,7-10H2,(H2,19,23)(H,20,22). The molecule has 1 aliphatic carbocycles. The number of primary amides is 1. The first-order valence-electron chi connectivity index (χ1n) is 8.50. The van der Waals surface area contributed by atoms with E-state index in [4.69, 9.17) is 10.5 Å². The molecular weight excluding hydrogens is 308 g/mol. The molecule has 0 spiro atoms. The van der Waals surface area contributed by atoms with E-state index in [2.05, 4.69) is 5.32 Å². The first kappa shape index (κ1) is 16.8. The molecule has 1 saturated heterocycles. The SMILES string of the molecule is NC(=O)C(NC(=O)CC(c1ccc(O)cc1)C1CC1)C1CCOC1. The predicted molar refractivity (Wildman–Crippen MR) is 88.2 cm³/mol. The number of nitrogens with two attached hydrogens (primary N) is 1. The fourth-order valence-electron chi connectivity index (χ4n) is 3.45. The van der Waals surface area contributed by atoms with E-state index in [9.17, 15) is 14.7 Å². The van der Waals surface area contributed by atoms with E-state index < -0.39 is 11.9 Å². The van der Waals surface area contributed by atoms with Crippen molar-refractivity contribution < 1.29 is 19.4 Å². The molecule has 1 aromatic carbocycles. The Hall–Kier alpha value is -2.08. The summed E-state index contributed by atoms with van der Waals surface area (Å²) < 4.78 is 5.30. The van der Waals surface area contributed by atoms with Crippen molar-refractivity contribution in [2.75, 3.05) is 13.2 Å². The second kappa shape index (κ2) is 7.21. The van der Waals surface area contributed by atoms with Gasteiger partial charge in [0.2, 0.25) is 11.8 Å². The average molecular weight is 332 g/mol. The Labute approximate surface area is 141 Å². The Bertz CT molecular complexity index is 592. The molecule has 130 valence electrons. The lowest BCUT2D eigenvalue weighted by Gasteiger charge is -2.23. The molecule has 6 nitrogen and oxygen atoms in total. The Morgan fingerprint density at radius 3 is 2.46 bits per heavy atom. The number of phenols is 1. The number of nitrogens with one attached hydrogen (secondary N) is 1. The Kier molecular flexibility index (Phi) is 5.04. The predicted octanol–water partition coefficient (Wildman–Crippen LogP) is 1.28. The Morgan fingerprint density at radius 1 is 1.21 bits per heavy atom. The molecule has 3 atom stereocenters. The van der Waals surface area contributed by atoms with Crippen LogP contribution in [0.15, 0.2) is 24.3 Å². The van der Waals surface area contributed by atoms with Crippen molar-refractivity contribution in [3.63, 3.8) is 0 Å². The number of amides is 2. The molecule has 2 amide bonds.